The molecule has 0 spiro atoms. The smallest absolute Gasteiger partial charge is 0.326 e. The first-order valence-electron chi connectivity index (χ1n) is 16.7. The summed E-state index contributed by atoms with van der Waals surface area (Å²) < 4.78 is 5.95. The van der Waals surface area contributed by atoms with Gasteiger partial charge in [0.2, 0.25) is 5.91 Å². The zero-order valence-electron chi connectivity index (χ0n) is 29.7. The number of pyridine rings is 1. The van der Waals surface area contributed by atoms with Crippen molar-refractivity contribution in [2.24, 2.45) is 17.4 Å². The maximum absolute atomic E-state index is 13.4. The fourth-order valence-corrected chi connectivity index (χ4v) is 7.43. The Kier molecular flexibility index (Phi) is 19.0. The number of nitrogen functional groups attached to an aromatic ring is 1. The highest BCUT2D eigenvalue weighted by Gasteiger charge is 2.33. The minimum absolute atomic E-state index is 0. The number of hydrogen-bond donors (Lipinski definition) is 4. The van der Waals surface area contributed by atoms with Gasteiger partial charge in [-0.3, -0.25) is 4.79 Å². The molecular formula is C37H43Cl3N8O4S2. The predicted octanol–water partition coefficient (Wildman–Crippen LogP) is 7.15. The summed E-state index contributed by atoms with van der Waals surface area (Å²) in [5.74, 6) is -0.672. The number of unbranched alkanes of at least 4 members (excludes halogenated alkanes) is 1. The molecule has 2 heterocycles. The molecule has 288 valence electrons. The molecule has 12 nitrogen and oxygen atoms in total. The van der Waals surface area contributed by atoms with Crippen molar-refractivity contribution in [3.05, 3.63) is 75.8 Å². The standard InChI is InChI=1S/C37H41ClN8O4S2.2ClH/c1-22(2)17-31(37(48)49)46(36(47)30(42)5-3-4-14-39)15-16-50-27-12-8-23(9-13-27)32-28(18-40)33(43)45-35(29(32)19-41)52-21-26-20-51-34(44-26)24-6-10-25(38)11-7-24;;/h6-13,20,22,30-31H,3-5,14-17,21,39,42H2,1-2H3,(H2,43,45)(H,48,49);2*1H/t30-,31-;;/m0../s1. The van der Waals surface area contributed by atoms with Crippen LogP contribution < -0.4 is 21.9 Å². The van der Waals surface area contributed by atoms with Crippen molar-refractivity contribution in [3.63, 3.8) is 0 Å². The number of thiazole rings is 1. The lowest BCUT2D eigenvalue weighted by Crippen LogP contribution is -2.53. The SMILES string of the molecule is CC(C)C[C@@H](C(=O)O)N(CCOc1ccc(-c2c(C#N)c(N)nc(SCc3csc(-c4ccc(Cl)cc4)n3)c2C#N)cc1)C(=O)[C@@H](N)CCCCN.Cl.Cl. The average Bonchev–Trinajstić information content (AvgIpc) is 3.60. The second kappa shape index (κ2) is 22.3. The number of carboxylic acid groups (broad SMARTS) is 1. The van der Waals surface area contributed by atoms with Crippen LogP contribution >= 0.6 is 59.5 Å². The molecule has 0 fully saturated rings. The van der Waals surface area contributed by atoms with Crippen molar-refractivity contribution in [2.75, 3.05) is 25.4 Å². The summed E-state index contributed by atoms with van der Waals surface area (Å²) >= 11 is 8.81. The van der Waals surface area contributed by atoms with Gasteiger partial charge in [-0.1, -0.05) is 67.9 Å². The topological polar surface area (TPSA) is 218 Å². The Morgan fingerprint density at radius 2 is 1.67 bits per heavy atom. The summed E-state index contributed by atoms with van der Waals surface area (Å²) in [5, 5.41) is 34.0. The van der Waals surface area contributed by atoms with Gasteiger partial charge in [-0.25, -0.2) is 14.8 Å². The van der Waals surface area contributed by atoms with Crippen molar-refractivity contribution in [1.29, 1.82) is 10.5 Å². The van der Waals surface area contributed by atoms with E-state index in [0.29, 0.717) is 58.5 Å². The van der Waals surface area contributed by atoms with Crippen LogP contribution in [0, 0.1) is 28.6 Å². The van der Waals surface area contributed by atoms with E-state index in [4.69, 9.17) is 38.5 Å². The highest BCUT2D eigenvalue weighted by molar-refractivity contribution is 7.98. The number of anilines is 1. The first-order valence-corrected chi connectivity index (χ1v) is 18.9. The molecule has 0 aliphatic rings. The number of nitrogens with two attached hydrogens (primary N) is 3. The molecule has 4 aromatic rings. The van der Waals surface area contributed by atoms with Crippen molar-refractivity contribution in [1.82, 2.24) is 14.9 Å². The summed E-state index contributed by atoms with van der Waals surface area (Å²) in [7, 11) is 0. The van der Waals surface area contributed by atoms with E-state index in [9.17, 15) is 25.2 Å². The van der Waals surface area contributed by atoms with Gasteiger partial charge in [0.05, 0.1) is 23.8 Å². The number of carbonyl (C=O) groups excluding carboxylic acids is 1. The fraction of sp³-hybridized carbons (Fsp3) is 0.351. The van der Waals surface area contributed by atoms with Gasteiger partial charge in [-0.2, -0.15) is 10.5 Å². The largest absolute Gasteiger partial charge is 0.492 e. The number of hydrogen-bond acceptors (Lipinski definition) is 12. The molecular weight excluding hydrogens is 791 g/mol. The zero-order chi connectivity index (χ0) is 37.8. The molecule has 2 atom stereocenters. The van der Waals surface area contributed by atoms with Crippen LogP contribution in [0.15, 0.2) is 58.9 Å². The maximum Gasteiger partial charge on any atom is 0.326 e. The number of aliphatic carboxylic acids is 1. The molecule has 4 rings (SSSR count). The monoisotopic (exact) mass is 832 g/mol. The Morgan fingerprint density at radius 1 is 1.02 bits per heavy atom. The van der Waals surface area contributed by atoms with E-state index in [-0.39, 0.29) is 67.2 Å². The molecule has 2 aromatic carbocycles. The van der Waals surface area contributed by atoms with Gasteiger partial charge in [0.1, 0.15) is 52.0 Å². The third-order valence-corrected chi connectivity index (χ3v) is 10.3. The van der Waals surface area contributed by atoms with Gasteiger partial charge < -0.3 is 31.9 Å². The van der Waals surface area contributed by atoms with Crippen LogP contribution in [0.4, 0.5) is 5.82 Å². The highest BCUT2D eigenvalue weighted by atomic mass is 35.5. The summed E-state index contributed by atoms with van der Waals surface area (Å²) in [6, 6.07) is 16.6. The molecule has 0 saturated heterocycles. The van der Waals surface area contributed by atoms with Crippen LogP contribution in [0.25, 0.3) is 21.7 Å². The van der Waals surface area contributed by atoms with Crippen LogP contribution in [-0.2, 0) is 15.3 Å². The van der Waals surface area contributed by atoms with E-state index in [1.54, 1.807) is 36.4 Å². The quantitative estimate of drug-likeness (QED) is 0.0580. The Bertz CT molecular complexity index is 1930. The lowest BCUT2D eigenvalue weighted by molar-refractivity contribution is -0.152. The molecule has 2 aromatic heterocycles. The van der Waals surface area contributed by atoms with E-state index in [1.807, 2.05) is 31.4 Å². The Balaban J connectivity index is 0.00000504. The lowest BCUT2D eigenvalue weighted by atomic mass is 9.97. The summed E-state index contributed by atoms with van der Waals surface area (Å²) in [4.78, 5) is 36.0. The number of carboxylic acids is 1. The van der Waals surface area contributed by atoms with E-state index in [2.05, 4.69) is 17.1 Å². The summed E-state index contributed by atoms with van der Waals surface area (Å²) in [6.45, 7) is 4.28. The number of halogens is 3. The number of nitrogens with zero attached hydrogens (tertiary/aromatic N) is 5. The van der Waals surface area contributed by atoms with Gasteiger partial charge in [0.25, 0.3) is 0 Å². The zero-order valence-corrected chi connectivity index (χ0v) is 33.8. The molecule has 0 saturated carbocycles. The van der Waals surface area contributed by atoms with Crippen LogP contribution in [0.1, 0.15) is 56.4 Å². The summed E-state index contributed by atoms with van der Waals surface area (Å²) in [6.07, 6.45) is 2.03. The number of benzene rings is 2. The molecule has 0 unspecified atom stereocenters. The number of amides is 1. The first kappa shape index (κ1) is 46.0. The first-order chi connectivity index (χ1) is 25.0. The van der Waals surface area contributed by atoms with E-state index >= 15 is 0 Å². The predicted molar refractivity (Wildman–Crippen MR) is 219 cm³/mol. The van der Waals surface area contributed by atoms with E-state index < -0.39 is 24.0 Å². The van der Waals surface area contributed by atoms with Crippen LogP contribution in [0.5, 0.6) is 5.75 Å². The van der Waals surface area contributed by atoms with Crippen molar-refractivity contribution in [3.8, 4) is 39.6 Å². The van der Waals surface area contributed by atoms with Crippen molar-refractivity contribution in [2.45, 2.75) is 62.4 Å². The normalized spacial score (nSPS) is 11.7. The number of carbonyl (C=O) groups is 2. The highest BCUT2D eigenvalue weighted by Crippen LogP contribution is 2.37. The average molecular weight is 834 g/mol. The van der Waals surface area contributed by atoms with Crippen LogP contribution in [0.3, 0.4) is 0 Å². The van der Waals surface area contributed by atoms with Crippen molar-refractivity contribution < 1.29 is 19.4 Å². The third-order valence-electron chi connectivity index (χ3n) is 8.08. The summed E-state index contributed by atoms with van der Waals surface area (Å²) in [5.41, 5.74) is 20.9. The minimum atomic E-state index is -1.11. The Morgan fingerprint density at radius 3 is 2.26 bits per heavy atom. The number of aromatic nitrogens is 2. The lowest BCUT2D eigenvalue weighted by Gasteiger charge is -2.32. The van der Waals surface area contributed by atoms with E-state index in [0.717, 1.165) is 16.3 Å². The van der Waals surface area contributed by atoms with Crippen LogP contribution in [-0.4, -0.2) is 63.6 Å². The second-order valence-corrected chi connectivity index (χ2v) is 14.6. The van der Waals surface area contributed by atoms with Gasteiger partial charge in [0, 0.05) is 27.3 Å². The molecule has 0 radical (unpaired) electrons. The van der Waals surface area contributed by atoms with Crippen LogP contribution in [0.2, 0.25) is 5.02 Å². The fourth-order valence-electron chi connectivity index (χ4n) is 5.48. The Hall–Kier alpha value is -4.12. The molecule has 0 aliphatic carbocycles. The molecule has 0 bridgehead atoms. The van der Waals surface area contributed by atoms with Gasteiger partial charge >= 0.3 is 5.97 Å². The van der Waals surface area contributed by atoms with Gasteiger partial charge in [-0.15, -0.1) is 36.2 Å². The number of ether oxygens (including phenoxy) is 1. The molecule has 54 heavy (non-hydrogen) atoms. The third kappa shape index (κ3) is 12.2. The van der Waals surface area contributed by atoms with Crippen molar-refractivity contribution >= 4 is 77.2 Å². The molecule has 17 heteroatoms. The van der Waals surface area contributed by atoms with Gasteiger partial charge in [-0.05, 0) is 61.6 Å². The molecule has 7 N–H and O–H groups in total. The molecule has 1 amide bonds. The number of rotatable bonds is 18. The minimum Gasteiger partial charge on any atom is -0.492 e. The number of thioether (sulfide) groups is 1. The second-order valence-electron chi connectivity index (χ2n) is 12.4. The maximum atomic E-state index is 13.4. The van der Waals surface area contributed by atoms with Gasteiger partial charge in [0.15, 0.2) is 0 Å². The Labute approximate surface area is 340 Å². The molecule has 0 aliphatic heterocycles. The number of nitriles is 2. The van der Waals surface area contributed by atoms with E-state index in [1.165, 1.54) is 28.0 Å².